The van der Waals surface area contributed by atoms with E-state index in [4.69, 9.17) is 0 Å². The number of aromatic nitrogens is 1. The van der Waals surface area contributed by atoms with Crippen LogP contribution < -0.4 is 0 Å². The second kappa shape index (κ2) is 4.38. The van der Waals surface area contributed by atoms with Gasteiger partial charge in [0.25, 0.3) is 0 Å². The molecule has 0 aliphatic heterocycles. The van der Waals surface area contributed by atoms with E-state index >= 15 is 0 Å². The summed E-state index contributed by atoms with van der Waals surface area (Å²) in [7, 11) is 2.13. The summed E-state index contributed by atoms with van der Waals surface area (Å²) in [6.07, 6.45) is 1.85. The lowest BCUT2D eigenvalue weighted by Crippen LogP contribution is -2.29. The van der Waals surface area contributed by atoms with E-state index in [2.05, 4.69) is 43.8 Å². The summed E-state index contributed by atoms with van der Waals surface area (Å²) in [6, 6.07) is 7.00. The highest BCUT2D eigenvalue weighted by Gasteiger charge is 2.14. The first-order valence-electron chi connectivity index (χ1n) is 4.75. The standard InChI is InChI=1S/C11H18N2/c1-9(2)13(4)10(3)11-7-5-6-8-12-11/h5-10H,1-4H3. The maximum atomic E-state index is 4.34. The molecule has 0 saturated carbocycles. The SMILES string of the molecule is CC(C)N(C)C(C)c1ccccn1. The van der Waals surface area contributed by atoms with Gasteiger partial charge in [-0.05, 0) is 40.0 Å². The average Bonchev–Trinajstić information content (AvgIpc) is 2.17. The van der Waals surface area contributed by atoms with Gasteiger partial charge in [-0.1, -0.05) is 6.07 Å². The van der Waals surface area contributed by atoms with E-state index in [1.54, 1.807) is 0 Å². The fourth-order valence-electron chi connectivity index (χ4n) is 1.28. The van der Waals surface area contributed by atoms with E-state index in [0.717, 1.165) is 5.69 Å². The first-order chi connectivity index (χ1) is 6.13. The Hall–Kier alpha value is -0.890. The Morgan fingerprint density at radius 3 is 2.38 bits per heavy atom. The lowest BCUT2D eigenvalue weighted by atomic mass is 10.1. The van der Waals surface area contributed by atoms with Crippen LogP contribution in [0.1, 0.15) is 32.5 Å². The fraction of sp³-hybridized carbons (Fsp3) is 0.545. The number of pyridine rings is 1. The van der Waals surface area contributed by atoms with Crippen molar-refractivity contribution in [2.45, 2.75) is 32.9 Å². The first-order valence-corrected chi connectivity index (χ1v) is 4.75. The van der Waals surface area contributed by atoms with Gasteiger partial charge in [0.15, 0.2) is 0 Å². The Bertz CT molecular complexity index is 244. The maximum Gasteiger partial charge on any atom is 0.0572 e. The Labute approximate surface area is 80.6 Å². The van der Waals surface area contributed by atoms with Gasteiger partial charge in [0.05, 0.1) is 5.69 Å². The summed E-state index contributed by atoms with van der Waals surface area (Å²) in [4.78, 5) is 6.65. The zero-order valence-electron chi connectivity index (χ0n) is 8.86. The molecule has 1 aromatic rings. The van der Waals surface area contributed by atoms with E-state index in [1.165, 1.54) is 0 Å². The lowest BCUT2D eigenvalue weighted by Gasteiger charge is -2.27. The van der Waals surface area contributed by atoms with Crippen molar-refractivity contribution in [1.29, 1.82) is 0 Å². The van der Waals surface area contributed by atoms with Crippen molar-refractivity contribution >= 4 is 0 Å². The molecule has 0 radical (unpaired) electrons. The van der Waals surface area contributed by atoms with Crippen LogP contribution in [-0.2, 0) is 0 Å². The Kier molecular flexibility index (Phi) is 3.43. The molecule has 1 aromatic heterocycles. The minimum atomic E-state index is 0.390. The van der Waals surface area contributed by atoms with Gasteiger partial charge < -0.3 is 0 Å². The Morgan fingerprint density at radius 1 is 1.23 bits per heavy atom. The van der Waals surface area contributed by atoms with Crippen LogP contribution >= 0.6 is 0 Å². The molecule has 0 saturated heterocycles. The molecular formula is C11H18N2. The van der Waals surface area contributed by atoms with Crippen molar-refractivity contribution in [1.82, 2.24) is 9.88 Å². The normalized spacial score (nSPS) is 13.7. The summed E-state index contributed by atoms with van der Waals surface area (Å²) in [5.74, 6) is 0. The molecule has 0 amide bonds. The Morgan fingerprint density at radius 2 is 1.92 bits per heavy atom. The quantitative estimate of drug-likeness (QED) is 0.707. The molecule has 0 bridgehead atoms. The molecule has 0 fully saturated rings. The van der Waals surface area contributed by atoms with Gasteiger partial charge in [-0.25, -0.2) is 0 Å². The second-order valence-corrected chi connectivity index (χ2v) is 3.69. The van der Waals surface area contributed by atoms with Gasteiger partial charge in [0, 0.05) is 18.3 Å². The zero-order chi connectivity index (χ0) is 9.84. The van der Waals surface area contributed by atoms with E-state index in [1.807, 2.05) is 18.3 Å². The number of hydrogen-bond donors (Lipinski definition) is 0. The minimum Gasteiger partial charge on any atom is -0.296 e. The molecule has 1 rings (SSSR count). The summed E-state index contributed by atoms with van der Waals surface area (Å²) in [5, 5.41) is 0. The van der Waals surface area contributed by atoms with E-state index < -0.39 is 0 Å². The number of nitrogens with zero attached hydrogens (tertiary/aromatic N) is 2. The molecule has 13 heavy (non-hydrogen) atoms. The molecule has 1 atom stereocenters. The highest BCUT2D eigenvalue weighted by molar-refractivity contribution is 5.07. The summed E-state index contributed by atoms with van der Waals surface area (Å²) >= 11 is 0. The molecule has 1 unspecified atom stereocenters. The van der Waals surface area contributed by atoms with Crippen molar-refractivity contribution in [3.8, 4) is 0 Å². The van der Waals surface area contributed by atoms with Crippen molar-refractivity contribution in [3.63, 3.8) is 0 Å². The molecule has 2 heteroatoms. The van der Waals surface area contributed by atoms with Gasteiger partial charge in [0.2, 0.25) is 0 Å². The smallest absolute Gasteiger partial charge is 0.0572 e. The topological polar surface area (TPSA) is 16.1 Å². The monoisotopic (exact) mass is 178 g/mol. The predicted molar refractivity (Wildman–Crippen MR) is 55.6 cm³/mol. The average molecular weight is 178 g/mol. The van der Waals surface area contributed by atoms with Crippen molar-refractivity contribution < 1.29 is 0 Å². The van der Waals surface area contributed by atoms with E-state index in [-0.39, 0.29) is 0 Å². The molecule has 0 N–H and O–H groups in total. The molecule has 2 nitrogen and oxygen atoms in total. The summed E-state index contributed by atoms with van der Waals surface area (Å²) in [6.45, 7) is 6.57. The summed E-state index contributed by atoms with van der Waals surface area (Å²) < 4.78 is 0. The number of hydrogen-bond acceptors (Lipinski definition) is 2. The van der Waals surface area contributed by atoms with Crippen LogP contribution in [0.5, 0.6) is 0 Å². The molecule has 0 spiro atoms. The third-order valence-electron chi connectivity index (χ3n) is 2.54. The van der Waals surface area contributed by atoms with Gasteiger partial charge in [-0.2, -0.15) is 0 Å². The number of rotatable bonds is 3. The molecule has 0 aliphatic rings. The molecule has 0 aliphatic carbocycles. The van der Waals surface area contributed by atoms with Crippen LogP contribution in [0.3, 0.4) is 0 Å². The van der Waals surface area contributed by atoms with Crippen LogP contribution in [0.4, 0.5) is 0 Å². The third-order valence-corrected chi connectivity index (χ3v) is 2.54. The van der Waals surface area contributed by atoms with Crippen molar-refractivity contribution in [2.24, 2.45) is 0 Å². The van der Waals surface area contributed by atoms with Gasteiger partial charge in [-0.15, -0.1) is 0 Å². The van der Waals surface area contributed by atoms with Crippen LogP contribution in [0.25, 0.3) is 0 Å². The van der Waals surface area contributed by atoms with E-state index in [0.29, 0.717) is 12.1 Å². The van der Waals surface area contributed by atoms with Gasteiger partial charge in [-0.3, -0.25) is 9.88 Å². The molecule has 1 heterocycles. The van der Waals surface area contributed by atoms with Crippen LogP contribution in [0.2, 0.25) is 0 Å². The zero-order valence-corrected chi connectivity index (χ0v) is 8.86. The summed E-state index contributed by atoms with van der Waals surface area (Å²) in [5.41, 5.74) is 1.14. The second-order valence-electron chi connectivity index (χ2n) is 3.69. The van der Waals surface area contributed by atoms with Crippen LogP contribution in [0.15, 0.2) is 24.4 Å². The predicted octanol–water partition coefficient (Wildman–Crippen LogP) is 2.48. The molecule has 72 valence electrons. The molecular weight excluding hydrogens is 160 g/mol. The fourth-order valence-corrected chi connectivity index (χ4v) is 1.28. The first kappa shape index (κ1) is 10.2. The third kappa shape index (κ3) is 2.52. The molecule has 0 aromatic carbocycles. The lowest BCUT2D eigenvalue weighted by molar-refractivity contribution is 0.207. The van der Waals surface area contributed by atoms with Gasteiger partial charge in [0.1, 0.15) is 0 Å². The van der Waals surface area contributed by atoms with E-state index in [9.17, 15) is 0 Å². The maximum absolute atomic E-state index is 4.34. The van der Waals surface area contributed by atoms with Crippen molar-refractivity contribution in [3.05, 3.63) is 30.1 Å². The highest BCUT2D eigenvalue weighted by Crippen LogP contribution is 2.17. The highest BCUT2D eigenvalue weighted by atomic mass is 15.2. The minimum absolute atomic E-state index is 0.390. The largest absolute Gasteiger partial charge is 0.296 e. The van der Waals surface area contributed by atoms with Crippen LogP contribution in [-0.4, -0.2) is 23.0 Å². The van der Waals surface area contributed by atoms with Gasteiger partial charge >= 0.3 is 0 Å². The van der Waals surface area contributed by atoms with Crippen molar-refractivity contribution in [2.75, 3.05) is 7.05 Å². The van der Waals surface area contributed by atoms with Crippen LogP contribution in [0, 0.1) is 0 Å². The Balaban J connectivity index is 2.73.